The van der Waals surface area contributed by atoms with Gasteiger partial charge in [0.05, 0.1) is 16.4 Å². The highest BCUT2D eigenvalue weighted by Gasteiger charge is 2.64. The molecule has 0 aliphatic rings. The number of thiol groups is 1. The molecule has 0 spiro atoms. The number of hydrogen-bond acceptors (Lipinski definition) is 3. The number of aliphatic carboxylic acids is 1. The van der Waals surface area contributed by atoms with Crippen molar-refractivity contribution in [2.24, 2.45) is 16.2 Å². The van der Waals surface area contributed by atoms with Crippen molar-refractivity contribution in [2.45, 2.75) is 47.5 Å². The second kappa shape index (κ2) is 6.16. The van der Waals surface area contributed by atoms with E-state index in [0.717, 1.165) is 5.52 Å². The van der Waals surface area contributed by atoms with Crippen LogP contribution in [0.3, 0.4) is 0 Å². The summed E-state index contributed by atoms with van der Waals surface area (Å²) in [5.74, 6) is -1.70. The van der Waals surface area contributed by atoms with E-state index < -0.39 is 33.2 Å². The molecule has 6 heteroatoms. The van der Waals surface area contributed by atoms with E-state index in [4.69, 9.17) is 0 Å². The summed E-state index contributed by atoms with van der Waals surface area (Å²) in [6, 6.07) is 7.39. The number of imidazole rings is 1. The van der Waals surface area contributed by atoms with Crippen molar-refractivity contribution < 1.29 is 14.7 Å². The highest BCUT2D eigenvalue weighted by atomic mass is 32.1. The fourth-order valence-electron chi connectivity index (χ4n) is 4.37. The highest BCUT2D eigenvalue weighted by Crippen LogP contribution is 2.60. The van der Waals surface area contributed by atoms with Gasteiger partial charge in [-0.2, -0.15) is 0 Å². The summed E-state index contributed by atoms with van der Waals surface area (Å²) < 4.78 is 0. The Kier molecular flexibility index (Phi) is 4.81. The Bertz CT molecular complexity index is 765. The molecule has 1 aromatic heterocycles. The van der Waals surface area contributed by atoms with Crippen molar-refractivity contribution in [1.29, 1.82) is 0 Å². The Morgan fingerprint density at radius 2 is 1.60 bits per heavy atom. The van der Waals surface area contributed by atoms with Gasteiger partial charge < -0.3 is 10.1 Å². The van der Waals surface area contributed by atoms with Gasteiger partial charge in [0.25, 0.3) is 0 Å². The van der Waals surface area contributed by atoms with E-state index >= 15 is 0 Å². The first-order valence-corrected chi connectivity index (χ1v) is 8.69. The van der Waals surface area contributed by atoms with Crippen LogP contribution in [0.25, 0.3) is 11.0 Å². The number of carbonyl (C=O) groups is 2. The van der Waals surface area contributed by atoms with Crippen LogP contribution in [0.4, 0.5) is 0 Å². The Morgan fingerprint density at radius 1 is 1.08 bits per heavy atom. The number of rotatable bonds is 4. The molecule has 0 radical (unpaired) electrons. The lowest BCUT2D eigenvalue weighted by molar-refractivity contribution is -0.174. The van der Waals surface area contributed by atoms with Gasteiger partial charge in [0.1, 0.15) is 11.7 Å². The highest BCUT2D eigenvalue weighted by molar-refractivity contribution is 7.96. The molecule has 0 saturated heterocycles. The lowest BCUT2D eigenvalue weighted by atomic mass is 9.48. The summed E-state index contributed by atoms with van der Waals surface area (Å²) in [7, 11) is 0. The fourth-order valence-corrected chi connectivity index (χ4v) is 4.69. The van der Waals surface area contributed by atoms with Crippen molar-refractivity contribution in [3.05, 3.63) is 30.1 Å². The molecule has 2 N–H and O–H groups in total. The molecule has 1 aromatic carbocycles. The summed E-state index contributed by atoms with van der Waals surface area (Å²) in [4.78, 5) is 32.9. The van der Waals surface area contributed by atoms with E-state index in [1.807, 2.05) is 65.8 Å². The lowest BCUT2D eigenvalue weighted by Crippen LogP contribution is -2.57. The molecule has 0 aliphatic heterocycles. The number of para-hydroxylation sites is 2. The maximum Gasteiger partial charge on any atom is 0.311 e. The topological polar surface area (TPSA) is 83.0 Å². The van der Waals surface area contributed by atoms with Gasteiger partial charge in [0.2, 0.25) is 0 Å². The zero-order chi connectivity index (χ0) is 19.2. The molecule has 0 fully saturated rings. The third-order valence-electron chi connectivity index (χ3n) is 5.06. The first-order valence-electron chi connectivity index (χ1n) is 8.25. The third kappa shape index (κ3) is 2.97. The van der Waals surface area contributed by atoms with Crippen LogP contribution in [0, 0.1) is 16.2 Å². The summed E-state index contributed by atoms with van der Waals surface area (Å²) in [5.41, 5.74) is -1.40. The Balaban J connectivity index is 2.86. The van der Waals surface area contributed by atoms with Crippen LogP contribution in [0.1, 0.15) is 53.3 Å². The summed E-state index contributed by atoms with van der Waals surface area (Å²) >= 11 is 4.08. The van der Waals surface area contributed by atoms with Crippen LogP contribution in [0.15, 0.2) is 24.3 Å². The molecule has 1 heterocycles. The first kappa shape index (κ1) is 19.5. The molecule has 2 rings (SSSR count). The maximum atomic E-state index is 12.6. The summed E-state index contributed by atoms with van der Waals surface area (Å²) in [6.07, 6.45) is 0. The second-order valence-corrected chi connectivity index (χ2v) is 8.96. The number of hydrogen-bond donors (Lipinski definition) is 3. The minimum atomic E-state index is -1.41. The zero-order valence-electron chi connectivity index (χ0n) is 15.5. The molecule has 0 amide bonds. The molecule has 0 aliphatic carbocycles. The second-order valence-electron chi connectivity index (χ2n) is 8.52. The lowest BCUT2D eigenvalue weighted by Gasteiger charge is -2.53. The van der Waals surface area contributed by atoms with Crippen molar-refractivity contribution in [1.82, 2.24) is 9.97 Å². The van der Waals surface area contributed by atoms with E-state index in [1.165, 1.54) is 0 Å². The van der Waals surface area contributed by atoms with Crippen molar-refractivity contribution >= 4 is 34.7 Å². The standard InChI is InChI=1S/C19H26N2O3S/c1-17(2,3)19(16(23)24,18(4,5)6)13(15(22)25)14-20-11-9-7-8-10-12(11)21-14/h7-10,13H,1-6H3,(H,20,21)(H,22,25)(H,23,24). The molecule has 136 valence electrons. The number of carboxylic acid groups (broad SMARTS) is 1. The SMILES string of the molecule is CC(C)(C)C(C(=O)O)(C(C(=O)S)c1nc2ccccc2[nH]1)C(C)(C)C. The van der Waals surface area contributed by atoms with E-state index in [-0.39, 0.29) is 0 Å². The Morgan fingerprint density at radius 3 is 2.00 bits per heavy atom. The van der Waals surface area contributed by atoms with Crippen LogP contribution in [-0.4, -0.2) is 26.2 Å². The van der Waals surface area contributed by atoms with Crippen molar-refractivity contribution in [2.75, 3.05) is 0 Å². The van der Waals surface area contributed by atoms with Crippen molar-refractivity contribution in [3.8, 4) is 0 Å². The molecular weight excluding hydrogens is 336 g/mol. The van der Waals surface area contributed by atoms with E-state index in [2.05, 4.69) is 22.6 Å². The Hall–Kier alpha value is -1.82. The van der Waals surface area contributed by atoms with Gasteiger partial charge >= 0.3 is 5.97 Å². The molecule has 0 bridgehead atoms. The molecule has 1 unspecified atom stereocenters. The monoisotopic (exact) mass is 362 g/mol. The quantitative estimate of drug-likeness (QED) is 0.710. The van der Waals surface area contributed by atoms with Crippen LogP contribution in [-0.2, 0) is 9.59 Å². The van der Waals surface area contributed by atoms with Gasteiger partial charge in [0.15, 0.2) is 5.12 Å². The number of aromatic amines is 1. The smallest absolute Gasteiger partial charge is 0.311 e. The number of fused-ring (bicyclic) bond motifs is 1. The molecule has 25 heavy (non-hydrogen) atoms. The molecule has 0 saturated carbocycles. The predicted molar refractivity (Wildman–Crippen MR) is 102 cm³/mol. The van der Waals surface area contributed by atoms with Crippen molar-refractivity contribution in [3.63, 3.8) is 0 Å². The van der Waals surface area contributed by atoms with Gasteiger partial charge in [-0.3, -0.25) is 9.59 Å². The third-order valence-corrected chi connectivity index (χ3v) is 5.32. The number of aromatic nitrogens is 2. The predicted octanol–water partition coefficient (Wildman–Crippen LogP) is 4.27. The average molecular weight is 362 g/mol. The van der Waals surface area contributed by atoms with Gasteiger partial charge in [-0.05, 0) is 23.0 Å². The number of carboxylic acids is 1. The minimum absolute atomic E-state index is 0.341. The van der Waals surface area contributed by atoms with Gasteiger partial charge in [-0.25, -0.2) is 4.98 Å². The minimum Gasteiger partial charge on any atom is -0.481 e. The number of H-pyrrole nitrogens is 1. The molecule has 5 nitrogen and oxygen atoms in total. The van der Waals surface area contributed by atoms with Crippen LogP contribution in [0.2, 0.25) is 0 Å². The van der Waals surface area contributed by atoms with Gasteiger partial charge in [-0.1, -0.05) is 53.7 Å². The van der Waals surface area contributed by atoms with Crippen LogP contribution >= 0.6 is 12.6 Å². The summed E-state index contributed by atoms with van der Waals surface area (Å²) in [5, 5.41) is 9.81. The molecule has 2 aromatic rings. The fraction of sp³-hybridized carbons (Fsp3) is 0.526. The van der Waals surface area contributed by atoms with Gasteiger partial charge in [-0.15, -0.1) is 12.6 Å². The van der Waals surface area contributed by atoms with E-state index in [1.54, 1.807) is 0 Å². The van der Waals surface area contributed by atoms with E-state index in [0.29, 0.717) is 11.3 Å². The normalized spacial score (nSPS) is 14.5. The summed E-state index contributed by atoms with van der Waals surface area (Å²) in [6.45, 7) is 11.1. The Labute approximate surface area is 153 Å². The number of carbonyl (C=O) groups excluding carboxylic acids is 1. The van der Waals surface area contributed by atoms with Crippen LogP contribution < -0.4 is 0 Å². The van der Waals surface area contributed by atoms with Gasteiger partial charge in [0, 0.05) is 0 Å². The number of nitrogens with one attached hydrogen (secondary N) is 1. The number of benzene rings is 1. The molecular formula is C19H26N2O3S. The maximum absolute atomic E-state index is 12.6. The zero-order valence-corrected chi connectivity index (χ0v) is 16.4. The first-order chi connectivity index (χ1) is 11.3. The number of nitrogens with zero attached hydrogens (tertiary/aromatic N) is 1. The van der Waals surface area contributed by atoms with E-state index in [9.17, 15) is 14.7 Å². The molecule has 1 atom stereocenters. The largest absolute Gasteiger partial charge is 0.481 e. The van der Waals surface area contributed by atoms with Crippen LogP contribution in [0.5, 0.6) is 0 Å². The average Bonchev–Trinajstić information content (AvgIpc) is 2.83.